The molecule has 0 radical (unpaired) electrons. The summed E-state index contributed by atoms with van der Waals surface area (Å²) in [5, 5.41) is 1.26. The number of hydrogen-bond acceptors (Lipinski definition) is 5. The molecule has 0 bridgehead atoms. The first kappa shape index (κ1) is 25.0. The molecule has 0 saturated heterocycles. The Hall–Kier alpha value is -3.61. The highest BCUT2D eigenvalue weighted by molar-refractivity contribution is 5.97. The van der Waals surface area contributed by atoms with Gasteiger partial charge in [0.25, 0.3) is 11.5 Å². The first-order valence-corrected chi connectivity index (χ1v) is 11.3. The molecule has 1 amide bonds. The molecule has 0 aliphatic heterocycles. The van der Waals surface area contributed by atoms with Gasteiger partial charge in [-0.25, -0.2) is 4.79 Å². The van der Waals surface area contributed by atoms with E-state index in [-0.39, 0.29) is 11.5 Å². The molecule has 2 aromatic carbocycles. The van der Waals surface area contributed by atoms with Gasteiger partial charge in [-0.1, -0.05) is 24.3 Å². The normalized spacial score (nSPS) is 13.3. The number of pyridine rings is 1. The lowest BCUT2D eigenvalue weighted by molar-refractivity contribution is -0.164. The number of amides is 1. The number of ether oxygens (including phenoxy) is 2. The van der Waals surface area contributed by atoms with Gasteiger partial charge < -0.3 is 19.4 Å². The summed E-state index contributed by atoms with van der Waals surface area (Å²) in [6.45, 7) is 10.6. The average Bonchev–Trinajstić information content (AvgIpc) is 2.77. The van der Waals surface area contributed by atoms with Gasteiger partial charge >= 0.3 is 5.97 Å². The summed E-state index contributed by atoms with van der Waals surface area (Å²) in [7, 11) is 1.54. The zero-order valence-corrected chi connectivity index (χ0v) is 20.8. The maximum Gasteiger partial charge on any atom is 0.329 e. The van der Waals surface area contributed by atoms with Gasteiger partial charge in [-0.05, 0) is 76.3 Å². The van der Waals surface area contributed by atoms with E-state index in [1.54, 1.807) is 52.9 Å². The van der Waals surface area contributed by atoms with Crippen LogP contribution in [0.5, 0.6) is 5.75 Å². The molecule has 0 fully saturated rings. The van der Waals surface area contributed by atoms with Crippen molar-refractivity contribution in [1.82, 2.24) is 9.88 Å². The smallest absolute Gasteiger partial charge is 0.329 e. The topological polar surface area (TPSA) is 88.7 Å². The minimum atomic E-state index is -0.869. The maximum atomic E-state index is 12.9. The third-order valence-electron chi connectivity index (χ3n) is 5.65. The van der Waals surface area contributed by atoms with Gasteiger partial charge in [-0.2, -0.15) is 0 Å². The number of aryl methyl sites for hydroxylation is 1. The van der Waals surface area contributed by atoms with E-state index in [2.05, 4.69) is 4.98 Å². The van der Waals surface area contributed by atoms with Crippen molar-refractivity contribution in [2.75, 3.05) is 7.05 Å². The van der Waals surface area contributed by atoms with Gasteiger partial charge in [0.15, 0.2) is 6.10 Å². The van der Waals surface area contributed by atoms with E-state index < -0.39 is 23.7 Å². The number of H-pyrrole nitrogens is 1. The highest BCUT2D eigenvalue weighted by Gasteiger charge is 2.30. The maximum absolute atomic E-state index is 12.9. The molecule has 180 valence electrons. The largest absolute Gasteiger partial charge is 0.481 e. The standard InChI is InChI=1S/C27H32N2O5/c1-16-10-8-9-11-20(16)23-15-28-24(30)22-14-19(12-13-21(22)23)33-18(3)25(31)29(7)17(2)26(32)34-27(4,5)6/h8-15,17-18H,1-7H3,(H,28,30)/t17-,18-/m1/s1. The van der Waals surface area contributed by atoms with E-state index in [0.29, 0.717) is 11.1 Å². The number of likely N-dealkylation sites (N-methyl/N-ethyl adjacent to an activating group) is 1. The molecule has 1 heterocycles. The first-order valence-electron chi connectivity index (χ1n) is 11.3. The van der Waals surface area contributed by atoms with Crippen LogP contribution in [-0.4, -0.2) is 46.6 Å². The fourth-order valence-electron chi connectivity index (χ4n) is 3.69. The molecule has 0 unspecified atom stereocenters. The van der Waals surface area contributed by atoms with Crippen LogP contribution in [-0.2, 0) is 14.3 Å². The molecule has 34 heavy (non-hydrogen) atoms. The predicted octanol–water partition coefficient (Wildman–Crippen LogP) is 4.46. The second-order valence-electron chi connectivity index (χ2n) is 9.47. The number of benzene rings is 2. The third kappa shape index (κ3) is 5.47. The second kappa shape index (κ2) is 9.71. The minimum Gasteiger partial charge on any atom is -0.481 e. The van der Waals surface area contributed by atoms with Crippen LogP contribution in [0.1, 0.15) is 40.2 Å². The lowest BCUT2D eigenvalue weighted by Crippen LogP contribution is -2.47. The Morgan fingerprint density at radius 1 is 1.00 bits per heavy atom. The monoisotopic (exact) mass is 464 g/mol. The van der Waals surface area contributed by atoms with Crippen LogP contribution in [0.4, 0.5) is 0 Å². The predicted molar refractivity (Wildman–Crippen MR) is 133 cm³/mol. The number of esters is 1. The Labute approximate surface area is 199 Å². The lowest BCUT2D eigenvalue weighted by atomic mass is 9.97. The molecular formula is C27H32N2O5. The second-order valence-corrected chi connectivity index (χ2v) is 9.47. The molecule has 0 saturated carbocycles. The van der Waals surface area contributed by atoms with Gasteiger partial charge in [-0.15, -0.1) is 0 Å². The van der Waals surface area contributed by atoms with Crippen molar-refractivity contribution in [2.24, 2.45) is 0 Å². The van der Waals surface area contributed by atoms with Crippen LogP contribution >= 0.6 is 0 Å². The van der Waals surface area contributed by atoms with Crippen molar-refractivity contribution in [2.45, 2.75) is 59.3 Å². The highest BCUT2D eigenvalue weighted by Crippen LogP contribution is 2.30. The van der Waals surface area contributed by atoms with E-state index >= 15 is 0 Å². The zero-order chi connectivity index (χ0) is 25.2. The summed E-state index contributed by atoms with van der Waals surface area (Å²) in [6.07, 6.45) is 0.846. The van der Waals surface area contributed by atoms with Gasteiger partial charge in [0.2, 0.25) is 0 Å². The molecule has 3 aromatic rings. The summed E-state index contributed by atoms with van der Waals surface area (Å²) >= 11 is 0. The number of hydrogen-bond donors (Lipinski definition) is 1. The molecule has 0 spiro atoms. The van der Waals surface area contributed by atoms with Crippen LogP contribution in [0.2, 0.25) is 0 Å². The summed E-state index contributed by atoms with van der Waals surface area (Å²) in [4.78, 5) is 41.9. The Kier molecular flexibility index (Phi) is 7.15. The zero-order valence-electron chi connectivity index (χ0n) is 20.8. The molecule has 1 aromatic heterocycles. The number of carbonyl (C=O) groups excluding carboxylic acids is 2. The van der Waals surface area contributed by atoms with Crippen molar-refractivity contribution in [3.63, 3.8) is 0 Å². The summed E-state index contributed by atoms with van der Waals surface area (Å²) < 4.78 is 11.2. The first-order chi connectivity index (χ1) is 15.9. The van der Waals surface area contributed by atoms with Crippen molar-refractivity contribution >= 4 is 22.6 Å². The van der Waals surface area contributed by atoms with Crippen molar-refractivity contribution in [3.8, 4) is 16.9 Å². The number of nitrogens with one attached hydrogen (secondary N) is 1. The van der Waals surface area contributed by atoms with Crippen LogP contribution in [0.3, 0.4) is 0 Å². The molecule has 0 aliphatic rings. The molecule has 2 atom stereocenters. The highest BCUT2D eigenvalue weighted by atomic mass is 16.6. The summed E-state index contributed by atoms with van der Waals surface area (Å²) in [5.74, 6) is -0.475. The van der Waals surface area contributed by atoms with Crippen molar-refractivity contribution < 1.29 is 19.1 Å². The number of nitrogens with zero attached hydrogens (tertiary/aromatic N) is 1. The molecular weight excluding hydrogens is 432 g/mol. The summed E-state index contributed by atoms with van der Waals surface area (Å²) in [6, 6.07) is 12.4. The molecule has 3 rings (SSSR count). The van der Waals surface area contributed by atoms with Crippen LogP contribution in [0.15, 0.2) is 53.5 Å². The van der Waals surface area contributed by atoms with Crippen LogP contribution in [0, 0.1) is 6.92 Å². The Balaban J connectivity index is 1.83. The Morgan fingerprint density at radius 2 is 1.68 bits per heavy atom. The average molecular weight is 465 g/mol. The molecule has 0 aliphatic carbocycles. The van der Waals surface area contributed by atoms with Crippen molar-refractivity contribution in [1.29, 1.82) is 0 Å². The van der Waals surface area contributed by atoms with E-state index in [1.165, 1.54) is 11.9 Å². The lowest BCUT2D eigenvalue weighted by Gasteiger charge is -2.29. The van der Waals surface area contributed by atoms with Gasteiger partial charge in [-0.3, -0.25) is 9.59 Å². The van der Waals surface area contributed by atoms with E-state index in [9.17, 15) is 14.4 Å². The number of rotatable bonds is 6. The van der Waals surface area contributed by atoms with E-state index in [0.717, 1.165) is 22.1 Å². The van der Waals surface area contributed by atoms with Gasteiger partial charge in [0.1, 0.15) is 17.4 Å². The SMILES string of the molecule is Cc1ccccc1-c1c[nH]c(=O)c2cc(O[C@H](C)C(=O)N(C)[C@H](C)C(=O)OC(C)(C)C)ccc12. The number of aromatic amines is 1. The number of aromatic nitrogens is 1. The molecule has 7 heteroatoms. The Bertz CT molecular complexity index is 1270. The molecule has 1 N–H and O–H groups in total. The molecule has 7 nitrogen and oxygen atoms in total. The summed E-state index contributed by atoms with van der Waals surface area (Å²) in [5.41, 5.74) is 2.14. The number of fused-ring (bicyclic) bond motifs is 1. The fourth-order valence-corrected chi connectivity index (χ4v) is 3.69. The quantitative estimate of drug-likeness (QED) is 0.544. The van der Waals surface area contributed by atoms with Gasteiger partial charge in [0, 0.05) is 18.8 Å². The van der Waals surface area contributed by atoms with Crippen LogP contribution in [0.25, 0.3) is 21.9 Å². The number of carbonyl (C=O) groups is 2. The van der Waals surface area contributed by atoms with E-state index in [4.69, 9.17) is 9.47 Å². The van der Waals surface area contributed by atoms with Crippen LogP contribution < -0.4 is 10.3 Å². The fraction of sp³-hybridized carbons (Fsp3) is 0.370. The van der Waals surface area contributed by atoms with Gasteiger partial charge in [0.05, 0.1) is 5.39 Å². The van der Waals surface area contributed by atoms with Crippen molar-refractivity contribution in [3.05, 3.63) is 64.6 Å². The third-order valence-corrected chi connectivity index (χ3v) is 5.65. The Morgan fingerprint density at radius 3 is 2.32 bits per heavy atom. The van der Waals surface area contributed by atoms with E-state index in [1.807, 2.05) is 37.3 Å². The minimum absolute atomic E-state index is 0.243.